The number of nitrogens with one attached hydrogen (secondary N) is 1. The first-order valence-corrected chi connectivity index (χ1v) is 9.24. The van der Waals surface area contributed by atoms with E-state index in [1.807, 2.05) is 11.8 Å². The van der Waals surface area contributed by atoms with Crippen LogP contribution in [0.2, 0.25) is 0 Å². The van der Waals surface area contributed by atoms with Crippen LogP contribution in [0.3, 0.4) is 0 Å². The van der Waals surface area contributed by atoms with Crippen LogP contribution in [0.15, 0.2) is 29.3 Å². The highest BCUT2D eigenvalue weighted by molar-refractivity contribution is 5.85. The van der Waals surface area contributed by atoms with Crippen molar-refractivity contribution < 1.29 is 18.0 Å². The number of aliphatic imine (C=N–C) groups is 1. The summed E-state index contributed by atoms with van der Waals surface area (Å²) in [6.07, 6.45) is -1.12. The third kappa shape index (κ3) is 6.45. The van der Waals surface area contributed by atoms with E-state index in [9.17, 15) is 18.0 Å². The van der Waals surface area contributed by atoms with Gasteiger partial charge in [0.1, 0.15) is 6.54 Å². The van der Waals surface area contributed by atoms with E-state index in [2.05, 4.69) is 10.3 Å². The average Bonchev–Trinajstić information content (AvgIpc) is 2.65. The number of carbonyl (C=O) groups is 1. The van der Waals surface area contributed by atoms with Gasteiger partial charge in [-0.25, -0.2) is 4.99 Å². The highest BCUT2D eigenvalue weighted by Gasteiger charge is 2.30. The summed E-state index contributed by atoms with van der Waals surface area (Å²) in [4.78, 5) is 20.3. The normalized spacial score (nSPS) is 15.6. The Morgan fingerprint density at radius 2 is 1.81 bits per heavy atom. The molecule has 0 aliphatic carbocycles. The van der Waals surface area contributed by atoms with Gasteiger partial charge in [0.25, 0.3) is 0 Å². The van der Waals surface area contributed by atoms with Gasteiger partial charge in [0.05, 0.1) is 5.56 Å². The van der Waals surface area contributed by atoms with Crippen LogP contribution < -0.4 is 5.32 Å². The average molecular weight is 384 g/mol. The van der Waals surface area contributed by atoms with Crippen LogP contribution in [0.1, 0.15) is 37.3 Å². The number of guanidine groups is 1. The number of hydrogen-bond acceptors (Lipinski definition) is 2. The van der Waals surface area contributed by atoms with Gasteiger partial charge in [-0.15, -0.1) is 0 Å². The summed E-state index contributed by atoms with van der Waals surface area (Å²) in [6.45, 7) is 4.59. The van der Waals surface area contributed by atoms with E-state index in [1.165, 1.54) is 12.1 Å². The SMILES string of the molecule is CCNC(=NCC(=O)N1CCCCC1)N(C)Cc1ccc(C(F)(F)F)cc1. The molecule has 1 fully saturated rings. The molecule has 150 valence electrons. The Hall–Kier alpha value is -2.25. The number of likely N-dealkylation sites (tertiary alicyclic amines) is 1. The zero-order chi connectivity index (χ0) is 19.9. The van der Waals surface area contributed by atoms with Gasteiger partial charge in [-0.05, 0) is 43.9 Å². The smallest absolute Gasteiger partial charge is 0.357 e. The summed E-state index contributed by atoms with van der Waals surface area (Å²) in [5.41, 5.74) is 0.0695. The molecule has 0 aromatic heterocycles. The molecule has 0 bridgehead atoms. The Labute approximate surface area is 158 Å². The minimum absolute atomic E-state index is 0.00744. The monoisotopic (exact) mass is 384 g/mol. The molecule has 1 N–H and O–H groups in total. The van der Waals surface area contributed by atoms with Crippen molar-refractivity contribution in [3.8, 4) is 0 Å². The van der Waals surface area contributed by atoms with Crippen LogP contribution in [0.4, 0.5) is 13.2 Å². The van der Waals surface area contributed by atoms with E-state index < -0.39 is 11.7 Å². The molecule has 0 radical (unpaired) electrons. The lowest BCUT2D eigenvalue weighted by molar-refractivity contribution is -0.137. The number of hydrogen-bond donors (Lipinski definition) is 1. The van der Waals surface area contributed by atoms with Crippen LogP contribution in [-0.4, -0.2) is 54.9 Å². The van der Waals surface area contributed by atoms with Crippen LogP contribution in [0, 0.1) is 0 Å². The van der Waals surface area contributed by atoms with Crippen LogP contribution >= 0.6 is 0 Å². The standard InChI is InChI=1S/C19H27F3N4O/c1-3-23-18(24-13-17(27)26-11-5-4-6-12-26)25(2)14-15-7-9-16(10-8-15)19(20,21)22/h7-10H,3-6,11-14H2,1-2H3,(H,23,24). The van der Waals surface area contributed by atoms with Gasteiger partial charge < -0.3 is 15.1 Å². The predicted molar refractivity (Wildman–Crippen MR) is 99.3 cm³/mol. The molecule has 8 heteroatoms. The number of alkyl halides is 3. The molecule has 1 aliphatic rings. The zero-order valence-corrected chi connectivity index (χ0v) is 15.9. The Morgan fingerprint density at radius 3 is 2.37 bits per heavy atom. The third-order valence-corrected chi connectivity index (χ3v) is 4.47. The van der Waals surface area contributed by atoms with Crippen molar-refractivity contribution in [2.24, 2.45) is 4.99 Å². The maximum Gasteiger partial charge on any atom is 0.416 e. The summed E-state index contributed by atoms with van der Waals surface area (Å²) in [6, 6.07) is 5.07. The van der Waals surface area contributed by atoms with Gasteiger partial charge >= 0.3 is 6.18 Å². The maximum absolute atomic E-state index is 12.7. The first-order chi connectivity index (χ1) is 12.8. The number of carbonyl (C=O) groups excluding carboxylic acids is 1. The lowest BCUT2D eigenvalue weighted by Crippen LogP contribution is -2.41. The topological polar surface area (TPSA) is 47.9 Å². The minimum Gasteiger partial charge on any atom is -0.357 e. The van der Waals surface area contributed by atoms with Crippen LogP contribution in [0.5, 0.6) is 0 Å². The Balaban J connectivity index is 1.98. The molecule has 1 aromatic carbocycles. The minimum atomic E-state index is -4.34. The van der Waals surface area contributed by atoms with Gasteiger partial charge in [-0.1, -0.05) is 12.1 Å². The number of halogens is 3. The Morgan fingerprint density at radius 1 is 1.19 bits per heavy atom. The van der Waals surface area contributed by atoms with E-state index in [0.717, 1.165) is 50.0 Å². The lowest BCUT2D eigenvalue weighted by atomic mass is 10.1. The number of nitrogens with zero attached hydrogens (tertiary/aromatic N) is 3. The molecule has 1 aliphatic heterocycles. The molecule has 1 saturated heterocycles. The molecule has 27 heavy (non-hydrogen) atoms. The Kier molecular flexibility index (Phi) is 7.50. The fourth-order valence-corrected chi connectivity index (χ4v) is 3.00. The van der Waals surface area contributed by atoms with Crippen molar-refractivity contribution in [3.63, 3.8) is 0 Å². The van der Waals surface area contributed by atoms with Gasteiger partial charge in [-0.3, -0.25) is 4.79 Å². The van der Waals surface area contributed by atoms with E-state index in [-0.39, 0.29) is 12.5 Å². The number of amides is 1. The van der Waals surface area contributed by atoms with E-state index in [4.69, 9.17) is 0 Å². The van der Waals surface area contributed by atoms with Crippen molar-refractivity contribution in [1.82, 2.24) is 15.1 Å². The molecule has 0 saturated carbocycles. The fraction of sp³-hybridized carbons (Fsp3) is 0.579. The fourth-order valence-electron chi connectivity index (χ4n) is 3.00. The van der Waals surface area contributed by atoms with Gasteiger partial charge in [0.15, 0.2) is 5.96 Å². The summed E-state index contributed by atoms with van der Waals surface area (Å²) >= 11 is 0. The number of benzene rings is 1. The van der Waals surface area contributed by atoms with Gasteiger partial charge in [0, 0.05) is 33.2 Å². The van der Waals surface area contributed by atoms with Gasteiger partial charge in [0.2, 0.25) is 5.91 Å². The Bertz CT molecular complexity index is 637. The summed E-state index contributed by atoms with van der Waals surface area (Å²) in [5, 5.41) is 3.12. The molecule has 1 amide bonds. The number of rotatable bonds is 5. The lowest BCUT2D eigenvalue weighted by Gasteiger charge is -2.27. The van der Waals surface area contributed by atoms with Gasteiger partial charge in [-0.2, -0.15) is 13.2 Å². The largest absolute Gasteiger partial charge is 0.416 e. The second-order valence-corrected chi connectivity index (χ2v) is 6.66. The van der Waals surface area contributed by atoms with Crippen molar-refractivity contribution in [3.05, 3.63) is 35.4 Å². The molecule has 5 nitrogen and oxygen atoms in total. The highest BCUT2D eigenvalue weighted by atomic mass is 19.4. The maximum atomic E-state index is 12.7. The highest BCUT2D eigenvalue weighted by Crippen LogP contribution is 2.29. The van der Waals surface area contributed by atoms with E-state index in [0.29, 0.717) is 19.0 Å². The summed E-state index contributed by atoms with van der Waals surface area (Å²) in [5.74, 6) is 0.566. The summed E-state index contributed by atoms with van der Waals surface area (Å²) < 4.78 is 38.0. The van der Waals surface area contributed by atoms with E-state index >= 15 is 0 Å². The molecule has 0 spiro atoms. The first kappa shape index (κ1) is 21.1. The summed E-state index contributed by atoms with van der Waals surface area (Å²) in [7, 11) is 1.80. The van der Waals surface area contributed by atoms with Crippen molar-refractivity contribution in [1.29, 1.82) is 0 Å². The zero-order valence-electron chi connectivity index (χ0n) is 15.9. The molecule has 2 rings (SSSR count). The molecule has 0 atom stereocenters. The second-order valence-electron chi connectivity index (χ2n) is 6.66. The quantitative estimate of drug-likeness (QED) is 0.627. The van der Waals surface area contributed by atoms with Crippen molar-refractivity contribution in [2.45, 2.75) is 38.9 Å². The molecular weight excluding hydrogens is 357 g/mol. The predicted octanol–water partition coefficient (Wildman–Crippen LogP) is 3.12. The second kappa shape index (κ2) is 9.62. The molecule has 1 aromatic rings. The first-order valence-electron chi connectivity index (χ1n) is 9.24. The number of piperidine rings is 1. The van der Waals surface area contributed by atoms with Crippen LogP contribution in [-0.2, 0) is 17.5 Å². The van der Waals surface area contributed by atoms with Crippen molar-refractivity contribution >= 4 is 11.9 Å². The van der Waals surface area contributed by atoms with E-state index in [1.54, 1.807) is 11.9 Å². The molecular formula is C19H27F3N4O. The third-order valence-electron chi connectivity index (χ3n) is 4.47. The van der Waals surface area contributed by atoms with Crippen LogP contribution in [0.25, 0.3) is 0 Å². The molecule has 1 heterocycles. The van der Waals surface area contributed by atoms with Crippen molar-refractivity contribution in [2.75, 3.05) is 33.2 Å². The molecule has 0 unspecified atom stereocenters.